The Kier molecular flexibility index (Phi) is 4.83. The number of ether oxygens (including phenoxy) is 3. The zero-order chi connectivity index (χ0) is 17.2. The number of allylic oxidation sites excluding steroid dienone is 1. The van der Waals surface area contributed by atoms with Crippen LogP contribution in [0, 0.1) is 0 Å². The lowest BCUT2D eigenvalue weighted by Crippen LogP contribution is -2.27. The predicted molar refractivity (Wildman–Crippen MR) is 90.7 cm³/mol. The third-order valence-electron chi connectivity index (χ3n) is 3.88. The van der Waals surface area contributed by atoms with Crippen LogP contribution in [0.25, 0.3) is 6.08 Å². The van der Waals surface area contributed by atoms with Crippen molar-refractivity contribution in [2.24, 2.45) is 0 Å². The van der Waals surface area contributed by atoms with Crippen LogP contribution in [0.4, 0.5) is 0 Å². The first-order chi connectivity index (χ1) is 10.8. The zero-order valence-electron chi connectivity index (χ0n) is 14.6. The van der Waals surface area contributed by atoms with E-state index in [2.05, 4.69) is 0 Å². The van der Waals surface area contributed by atoms with Crippen LogP contribution in [-0.4, -0.2) is 18.7 Å². The Bertz CT molecular complexity index is 668. The van der Waals surface area contributed by atoms with Crippen LogP contribution >= 0.6 is 0 Å². The molecule has 4 heteroatoms. The molecule has 0 saturated heterocycles. The number of carbonyl (C=O) groups excluding carboxylic acids is 1. The average molecular weight is 316 g/mol. The van der Waals surface area contributed by atoms with Crippen LogP contribution in [0.15, 0.2) is 29.9 Å². The molecule has 1 aromatic carbocycles. The Morgan fingerprint density at radius 1 is 1.35 bits per heavy atom. The molecular formula is C19H24O4. The quantitative estimate of drug-likeness (QED) is 0.608. The van der Waals surface area contributed by atoms with Crippen LogP contribution in [0.5, 0.6) is 11.5 Å². The minimum atomic E-state index is -0.416. The number of rotatable bonds is 4. The number of esters is 1. The van der Waals surface area contributed by atoms with Gasteiger partial charge in [-0.3, -0.25) is 0 Å². The largest absolute Gasteiger partial charge is 0.496 e. The fourth-order valence-corrected chi connectivity index (χ4v) is 2.35. The Morgan fingerprint density at radius 3 is 2.65 bits per heavy atom. The van der Waals surface area contributed by atoms with Gasteiger partial charge in [0.15, 0.2) is 0 Å². The maximum Gasteiger partial charge on any atom is 0.333 e. The smallest absolute Gasteiger partial charge is 0.333 e. The third kappa shape index (κ3) is 3.76. The first kappa shape index (κ1) is 17.1. The molecule has 0 fully saturated rings. The molecule has 23 heavy (non-hydrogen) atoms. The monoisotopic (exact) mass is 316 g/mol. The molecule has 1 aliphatic heterocycles. The molecule has 0 N–H and O–H groups in total. The van der Waals surface area contributed by atoms with E-state index in [1.165, 1.54) is 0 Å². The Balaban J connectivity index is 2.34. The maximum absolute atomic E-state index is 12.0. The van der Waals surface area contributed by atoms with Crippen LogP contribution in [0.2, 0.25) is 0 Å². The molecule has 0 amide bonds. The van der Waals surface area contributed by atoms with Crippen molar-refractivity contribution in [2.45, 2.75) is 46.3 Å². The number of hydrogen-bond donors (Lipinski definition) is 0. The van der Waals surface area contributed by atoms with Gasteiger partial charge in [-0.05, 0) is 46.8 Å². The van der Waals surface area contributed by atoms with Crippen molar-refractivity contribution < 1.29 is 19.0 Å². The van der Waals surface area contributed by atoms with Crippen LogP contribution in [-0.2, 0) is 9.53 Å². The molecule has 124 valence electrons. The standard InChI is InChI=1S/C19H24O4/c1-7-12(2)18(20)22-13(3)15-10-14-8-9-19(4,5)23-16(14)11-17(15)21-6/h7-11,13H,1-6H3/b12-7-/t13-/m0/s1. The van der Waals surface area contributed by atoms with Crippen molar-refractivity contribution in [3.05, 3.63) is 41.0 Å². The first-order valence-corrected chi connectivity index (χ1v) is 7.71. The van der Waals surface area contributed by atoms with Crippen molar-refractivity contribution in [1.29, 1.82) is 0 Å². The van der Waals surface area contributed by atoms with Gasteiger partial charge in [0.2, 0.25) is 0 Å². The van der Waals surface area contributed by atoms with Gasteiger partial charge in [0.25, 0.3) is 0 Å². The van der Waals surface area contributed by atoms with Gasteiger partial charge in [0, 0.05) is 22.8 Å². The third-order valence-corrected chi connectivity index (χ3v) is 3.88. The van der Waals surface area contributed by atoms with E-state index in [1.807, 2.05) is 52.0 Å². The molecule has 0 radical (unpaired) electrons. The van der Waals surface area contributed by atoms with Gasteiger partial charge in [-0.25, -0.2) is 4.79 Å². The minimum Gasteiger partial charge on any atom is -0.496 e. The van der Waals surface area contributed by atoms with Crippen molar-refractivity contribution in [2.75, 3.05) is 7.11 Å². The minimum absolute atomic E-state index is 0.326. The van der Waals surface area contributed by atoms with E-state index in [4.69, 9.17) is 14.2 Å². The summed E-state index contributed by atoms with van der Waals surface area (Å²) in [4.78, 5) is 12.0. The average Bonchev–Trinajstić information content (AvgIpc) is 2.51. The molecule has 0 spiro atoms. The Morgan fingerprint density at radius 2 is 2.04 bits per heavy atom. The topological polar surface area (TPSA) is 44.8 Å². The van der Waals surface area contributed by atoms with Gasteiger partial charge in [0.05, 0.1) is 7.11 Å². The molecule has 0 saturated carbocycles. The summed E-state index contributed by atoms with van der Waals surface area (Å²) in [6, 6.07) is 3.80. The lowest BCUT2D eigenvalue weighted by atomic mass is 9.98. The van der Waals surface area contributed by atoms with Crippen LogP contribution < -0.4 is 9.47 Å². The summed E-state index contributed by atoms with van der Waals surface area (Å²) in [5.74, 6) is 1.09. The van der Waals surface area contributed by atoms with Crippen molar-refractivity contribution in [3.63, 3.8) is 0 Å². The molecule has 1 heterocycles. The number of benzene rings is 1. The Labute approximate surface area is 137 Å². The van der Waals surface area contributed by atoms with Gasteiger partial charge in [-0.1, -0.05) is 12.2 Å². The van der Waals surface area contributed by atoms with Gasteiger partial charge < -0.3 is 14.2 Å². The molecule has 0 aliphatic carbocycles. The molecule has 1 aliphatic rings. The van der Waals surface area contributed by atoms with Crippen molar-refractivity contribution in [1.82, 2.24) is 0 Å². The van der Waals surface area contributed by atoms with Crippen LogP contribution in [0.3, 0.4) is 0 Å². The molecule has 0 bridgehead atoms. The summed E-state index contributed by atoms with van der Waals surface area (Å²) in [7, 11) is 1.60. The van der Waals surface area contributed by atoms with Crippen molar-refractivity contribution >= 4 is 12.0 Å². The molecule has 2 rings (SSSR count). The SMILES string of the molecule is C/C=C(/C)C(=O)O[C@@H](C)c1cc2c(cc1OC)OC(C)(C)C=C2. The maximum atomic E-state index is 12.0. The van der Waals surface area contributed by atoms with E-state index in [-0.39, 0.29) is 11.6 Å². The normalized spacial score (nSPS) is 17.0. The highest BCUT2D eigenvalue weighted by molar-refractivity contribution is 5.87. The van der Waals surface area contributed by atoms with E-state index < -0.39 is 6.10 Å². The lowest BCUT2D eigenvalue weighted by Gasteiger charge is -2.29. The van der Waals surface area contributed by atoms with Gasteiger partial charge >= 0.3 is 5.97 Å². The predicted octanol–water partition coefficient (Wildman–Crippen LogP) is 4.45. The van der Waals surface area contributed by atoms with Gasteiger partial charge in [0.1, 0.15) is 23.2 Å². The van der Waals surface area contributed by atoms with E-state index in [1.54, 1.807) is 20.1 Å². The number of fused-ring (bicyclic) bond motifs is 1. The highest BCUT2D eigenvalue weighted by atomic mass is 16.5. The first-order valence-electron chi connectivity index (χ1n) is 7.71. The summed E-state index contributed by atoms with van der Waals surface area (Å²) < 4.78 is 16.9. The molecular weight excluding hydrogens is 292 g/mol. The fourth-order valence-electron chi connectivity index (χ4n) is 2.35. The number of methoxy groups -OCH3 is 1. The van der Waals surface area contributed by atoms with E-state index in [0.717, 1.165) is 16.9 Å². The molecule has 1 aromatic rings. The van der Waals surface area contributed by atoms with E-state index >= 15 is 0 Å². The lowest BCUT2D eigenvalue weighted by molar-refractivity contribution is -0.143. The highest BCUT2D eigenvalue weighted by Crippen LogP contribution is 2.39. The van der Waals surface area contributed by atoms with E-state index in [9.17, 15) is 4.79 Å². The second kappa shape index (κ2) is 6.49. The molecule has 4 nitrogen and oxygen atoms in total. The van der Waals surface area contributed by atoms with Crippen molar-refractivity contribution in [3.8, 4) is 11.5 Å². The highest BCUT2D eigenvalue weighted by Gasteiger charge is 2.25. The molecule has 0 unspecified atom stereocenters. The second-order valence-corrected chi connectivity index (χ2v) is 6.19. The molecule has 1 atom stereocenters. The summed E-state index contributed by atoms with van der Waals surface area (Å²) in [6.45, 7) is 9.37. The summed E-state index contributed by atoms with van der Waals surface area (Å²) >= 11 is 0. The van der Waals surface area contributed by atoms with Gasteiger partial charge in [-0.15, -0.1) is 0 Å². The molecule has 0 aromatic heterocycles. The second-order valence-electron chi connectivity index (χ2n) is 6.19. The summed E-state index contributed by atoms with van der Waals surface area (Å²) in [5, 5.41) is 0. The Hall–Kier alpha value is -2.23. The number of hydrogen-bond acceptors (Lipinski definition) is 4. The van der Waals surface area contributed by atoms with Crippen LogP contribution in [0.1, 0.15) is 51.8 Å². The van der Waals surface area contributed by atoms with E-state index in [0.29, 0.717) is 11.3 Å². The van der Waals surface area contributed by atoms with Gasteiger partial charge in [-0.2, -0.15) is 0 Å². The zero-order valence-corrected chi connectivity index (χ0v) is 14.6. The fraction of sp³-hybridized carbons (Fsp3) is 0.421. The number of carbonyl (C=O) groups is 1. The summed E-state index contributed by atoms with van der Waals surface area (Å²) in [6.07, 6.45) is 5.35. The summed E-state index contributed by atoms with van der Waals surface area (Å²) in [5.41, 5.74) is 2.00.